The molecule has 0 saturated heterocycles. The Labute approximate surface area is 219 Å². The molecule has 0 aromatic heterocycles. The molecule has 0 aliphatic heterocycles. The summed E-state index contributed by atoms with van der Waals surface area (Å²) in [5.74, 6) is -2.71. The van der Waals surface area contributed by atoms with Gasteiger partial charge in [-0.1, -0.05) is 40.2 Å². The molecule has 4 rings (SSSR count). The van der Waals surface area contributed by atoms with Crippen LogP contribution in [0.15, 0.2) is 22.8 Å². The van der Waals surface area contributed by atoms with Gasteiger partial charge in [0.05, 0.1) is 23.5 Å². The third kappa shape index (κ3) is 3.75. The van der Waals surface area contributed by atoms with E-state index in [0.717, 1.165) is 0 Å². The Kier molecular flexibility index (Phi) is 6.56. The van der Waals surface area contributed by atoms with Gasteiger partial charge in [-0.25, -0.2) is 0 Å². The Hall–Kier alpha value is -2.12. The van der Waals surface area contributed by atoms with E-state index in [4.69, 9.17) is 5.11 Å². The summed E-state index contributed by atoms with van der Waals surface area (Å²) < 4.78 is 0. The zero-order valence-electron chi connectivity index (χ0n) is 23.2. The van der Waals surface area contributed by atoms with Crippen LogP contribution in [0.4, 0.5) is 0 Å². The SMILES string of the molecule is C/C(=C/C(=O)CC(C)C(=O)O)C1CC(=O)C2(C)C3=C(C(=O)CC12C)C1(C)CCC(O)C(C)(C)C1CC3O. The van der Waals surface area contributed by atoms with E-state index in [1.807, 2.05) is 27.7 Å². The predicted molar refractivity (Wildman–Crippen MR) is 137 cm³/mol. The molecule has 0 spiro atoms. The van der Waals surface area contributed by atoms with Crippen molar-refractivity contribution in [2.24, 2.45) is 39.4 Å². The van der Waals surface area contributed by atoms with E-state index in [-0.39, 0.29) is 48.4 Å². The first-order valence-electron chi connectivity index (χ1n) is 13.5. The van der Waals surface area contributed by atoms with Crippen molar-refractivity contribution in [3.63, 3.8) is 0 Å². The summed E-state index contributed by atoms with van der Waals surface area (Å²) >= 11 is 0. The number of ketones is 3. The molecule has 8 unspecified atom stereocenters. The van der Waals surface area contributed by atoms with Crippen molar-refractivity contribution in [3.8, 4) is 0 Å². The van der Waals surface area contributed by atoms with Crippen LogP contribution in [0.2, 0.25) is 0 Å². The maximum absolute atomic E-state index is 14.0. The largest absolute Gasteiger partial charge is 0.481 e. The number of rotatable bonds is 5. The predicted octanol–water partition coefficient (Wildman–Crippen LogP) is 4.05. The number of hydrogen-bond donors (Lipinski definition) is 3. The van der Waals surface area contributed by atoms with E-state index in [1.165, 1.54) is 13.0 Å². The zero-order valence-corrected chi connectivity index (χ0v) is 23.2. The van der Waals surface area contributed by atoms with Crippen LogP contribution in [0, 0.1) is 39.4 Å². The lowest BCUT2D eigenvalue weighted by atomic mass is 9.42. The minimum atomic E-state index is -1.05. The molecule has 8 atom stereocenters. The molecular formula is C30H42O7. The maximum atomic E-state index is 14.0. The van der Waals surface area contributed by atoms with Gasteiger partial charge in [0.25, 0.3) is 0 Å². The molecule has 0 heterocycles. The van der Waals surface area contributed by atoms with Gasteiger partial charge in [0.2, 0.25) is 0 Å². The molecule has 7 heteroatoms. The summed E-state index contributed by atoms with van der Waals surface area (Å²) in [6.45, 7) is 13.1. The molecule has 2 fully saturated rings. The maximum Gasteiger partial charge on any atom is 0.306 e. The Morgan fingerprint density at radius 1 is 1.11 bits per heavy atom. The highest BCUT2D eigenvalue weighted by Gasteiger charge is 2.69. The molecular weight excluding hydrogens is 472 g/mol. The minimum Gasteiger partial charge on any atom is -0.481 e. The van der Waals surface area contributed by atoms with Crippen molar-refractivity contribution >= 4 is 23.3 Å². The second-order valence-electron chi connectivity index (χ2n) is 13.5. The number of carboxylic acid groups (broad SMARTS) is 1. The summed E-state index contributed by atoms with van der Waals surface area (Å²) in [7, 11) is 0. The fourth-order valence-corrected chi connectivity index (χ4v) is 8.69. The van der Waals surface area contributed by atoms with E-state index in [0.29, 0.717) is 36.0 Å². The van der Waals surface area contributed by atoms with Crippen molar-refractivity contribution in [2.75, 3.05) is 0 Å². The summed E-state index contributed by atoms with van der Waals surface area (Å²) in [5.41, 5.74) is -1.06. The summed E-state index contributed by atoms with van der Waals surface area (Å²) in [6, 6.07) is 0. The van der Waals surface area contributed by atoms with E-state index >= 15 is 0 Å². The molecule has 7 nitrogen and oxygen atoms in total. The van der Waals surface area contributed by atoms with Crippen molar-refractivity contribution in [1.82, 2.24) is 0 Å². The lowest BCUT2D eigenvalue weighted by Gasteiger charge is -2.61. The third-order valence-corrected chi connectivity index (χ3v) is 11.2. The topological polar surface area (TPSA) is 129 Å². The Bertz CT molecular complexity index is 1130. The third-order valence-electron chi connectivity index (χ3n) is 11.2. The number of fused-ring (bicyclic) bond motifs is 4. The number of allylic oxidation sites excluding steroid dienone is 3. The number of aliphatic hydroxyl groups excluding tert-OH is 2. The molecule has 204 valence electrons. The highest BCUT2D eigenvalue weighted by Crippen LogP contribution is 2.70. The minimum absolute atomic E-state index is 0.0321. The quantitative estimate of drug-likeness (QED) is 0.472. The zero-order chi connectivity index (χ0) is 27.9. The molecule has 0 aromatic rings. The van der Waals surface area contributed by atoms with Gasteiger partial charge in [0, 0.05) is 24.8 Å². The van der Waals surface area contributed by atoms with Gasteiger partial charge in [0.1, 0.15) is 5.78 Å². The van der Waals surface area contributed by atoms with Crippen LogP contribution in [-0.2, 0) is 19.2 Å². The number of carbonyl (C=O) groups is 4. The lowest BCUT2D eigenvalue weighted by molar-refractivity contribution is -0.143. The molecule has 2 saturated carbocycles. The summed E-state index contributed by atoms with van der Waals surface area (Å²) in [6.07, 6.45) is 1.71. The first-order chi connectivity index (χ1) is 16.9. The van der Waals surface area contributed by atoms with E-state index in [2.05, 4.69) is 6.92 Å². The first-order valence-corrected chi connectivity index (χ1v) is 13.5. The van der Waals surface area contributed by atoms with E-state index in [9.17, 15) is 29.4 Å². The van der Waals surface area contributed by atoms with E-state index < -0.39 is 45.8 Å². The van der Waals surface area contributed by atoms with Crippen LogP contribution in [0.1, 0.15) is 87.0 Å². The number of aliphatic hydroxyl groups is 2. The average Bonchev–Trinajstić information content (AvgIpc) is 2.99. The summed E-state index contributed by atoms with van der Waals surface area (Å²) in [4.78, 5) is 51.7. The van der Waals surface area contributed by atoms with Crippen LogP contribution in [0.5, 0.6) is 0 Å². The molecule has 0 bridgehead atoms. The molecule has 0 amide bonds. The van der Waals surface area contributed by atoms with E-state index in [1.54, 1.807) is 6.92 Å². The van der Waals surface area contributed by atoms with Crippen LogP contribution < -0.4 is 0 Å². The second-order valence-corrected chi connectivity index (χ2v) is 13.5. The van der Waals surface area contributed by atoms with Gasteiger partial charge in [-0.3, -0.25) is 19.2 Å². The second kappa shape index (κ2) is 8.70. The Morgan fingerprint density at radius 3 is 2.32 bits per heavy atom. The van der Waals surface area contributed by atoms with Crippen molar-refractivity contribution < 1.29 is 34.5 Å². The molecule has 4 aliphatic carbocycles. The van der Waals surface area contributed by atoms with Crippen molar-refractivity contribution in [2.45, 2.75) is 99.2 Å². The number of carboxylic acids is 1. The first kappa shape index (κ1) is 27.9. The molecule has 0 radical (unpaired) electrons. The fourth-order valence-electron chi connectivity index (χ4n) is 8.69. The van der Waals surface area contributed by atoms with Crippen LogP contribution in [0.25, 0.3) is 0 Å². The number of hydrogen-bond acceptors (Lipinski definition) is 6. The number of carbonyl (C=O) groups excluding carboxylic acids is 3. The standard InChI is InChI=1S/C30H42O7/c1-15(10-17(31)11-16(2)26(36)37)18-12-23(35)30(7)25-19(32)13-21-27(3,4)22(34)8-9-28(21,5)24(25)20(33)14-29(18,30)6/h10,16,18-19,21-22,32,34H,8-9,11-14H2,1-7H3,(H,36,37)/b15-10-. The van der Waals surface area contributed by atoms with Gasteiger partial charge in [-0.05, 0) is 72.8 Å². The molecule has 4 aliphatic rings. The number of aliphatic carboxylic acids is 1. The van der Waals surface area contributed by atoms with Gasteiger partial charge in [-0.15, -0.1) is 0 Å². The molecule has 37 heavy (non-hydrogen) atoms. The van der Waals surface area contributed by atoms with Gasteiger partial charge in [0.15, 0.2) is 11.6 Å². The van der Waals surface area contributed by atoms with Gasteiger partial charge in [-0.2, -0.15) is 0 Å². The monoisotopic (exact) mass is 514 g/mol. The number of Topliss-reactive ketones (excluding diaryl/α,β-unsaturated/α-hetero) is 2. The fraction of sp³-hybridized carbons (Fsp3) is 0.733. The Morgan fingerprint density at radius 2 is 1.73 bits per heavy atom. The Balaban J connectivity index is 1.80. The van der Waals surface area contributed by atoms with Crippen LogP contribution >= 0.6 is 0 Å². The average molecular weight is 515 g/mol. The van der Waals surface area contributed by atoms with Crippen LogP contribution in [0.3, 0.4) is 0 Å². The normalized spacial score (nSPS) is 42.1. The van der Waals surface area contributed by atoms with Crippen LogP contribution in [-0.4, -0.2) is 50.8 Å². The lowest BCUT2D eigenvalue weighted by Crippen LogP contribution is -2.60. The smallest absolute Gasteiger partial charge is 0.306 e. The summed E-state index contributed by atoms with van der Waals surface area (Å²) in [5, 5.41) is 31.5. The van der Waals surface area contributed by atoms with Gasteiger partial charge < -0.3 is 15.3 Å². The molecule has 3 N–H and O–H groups in total. The molecule has 0 aromatic carbocycles. The van der Waals surface area contributed by atoms with Gasteiger partial charge >= 0.3 is 5.97 Å². The highest BCUT2D eigenvalue weighted by atomic mass is 16.4. The van der Waals surface area contributed by atoms with Crippen molar-refractivity contribution in [1.29, 1.82) is 0 Å². The van der Waals surface area contributed by atoms with Crippen molar-refractivity contribution in [3.05, 3.63) is 22.8 Å². The highest BCUT2D eigenvalue weighted by molar-refractivity contribution is 6.05.